The summed E-state index contributed by atoms with van der Waals surface area (Å²) in [6.45, 7) is 3.43. The van der Waals surface area contributed by atoms with E-state index in [1.165, 1.54) is 154 Å². The average molecular weight is 881 g/mol. The molecule has 0 radical (unpaired) electrons. The fraction of sp³-hybridized carbons (Fsp3) is 0.885. The molecule has 62 heavy (non-hydrogen) atoms. The van der Waals surface area contributed by atoms with Crippen molar-refractivity contribution in [1.82, 2.24) is 0 Å². The second kappa shape index (κ2) is 43.1. The summed E-state index contributed by atoms with van der Waals surface area (Å²) in [5.41, 5.74) is 0. The van der Waals surface area contributed by atoms with Gasteiger partial charge in [0.25, 0.3) is 0 Å². The van der Waals surface area contributed by atoms with Gasteiger partial charge in [0.1, 0.15) is 31.0 Å². The Kier molecular flexibility index (Phi) is 40.4. The van der Waals surface area contributed by atoms with Crippen LogP contribution in [0.15, 0.2) is 24.3 Å². The molecule has 0 aliphatic carbocycles. The van der Waals surface area contributed by atoms with Gasteiger partial charge in [0.2, 0.25) is 0 Å². The van der Waals surface area contributed by atoms with Crippen LogP contribution in [0.3, 0.4) is 0 Å². The summed E-state index contributed by atoms with van der Waals surface area (Å²) >= 11 is 0. The molecular weight excluding hydrogens is 785 g/mol. The molecule has 0 aromatic rings. The summed E-state index contributed by atoms with van der Waals surface area (Å²) in [6, 6.07) is 0. The number of hydrogen-bond donors (Lipinski definition) is 4. The van der Waals surface area contributed by atoms with E-state index in [4.69, 9.17) is 18.9 Å². The molecule has 0 bridgehead atoms. The van der Waals surface area contributed by atoms with E-state index in [1.54, 1.807) is 0 Å². The quantitative estimate of drug-likeness (QED) is 0.0264. The largest absolute Gasteiger partial charge is 0.462 e. The highest BCUT2D eigenvalue weighted by molar-refractivity contribution is 5.70. The van der Waals surface area contributed by atoms with Crippen molar-refractivity contribution in [3.63, 3.8) is 0 Å². The first-order valence-electron chi connectivity index (χ1n) is 25.9. The predicted molar refractivity (Wildman–Crippen MR) is 252 cm³/mol. The van der Waals surface area contributed by atoms with E-state index in [2.05, 4.69) is 38.2 Å². The highest BCUT2D eigenvalue weighted by atomic mass is 16.7. The summed E-state index contributed by atoms with van der Waals surface area (Å²) in [5.74, 6) is -0.803. The number of aliphatic hydroxyl groups is 4. The Bertz CT molecular complexity index is 1060. The van der Waals surface area contributed by atoms with Gasteiger partial charge in [-0.3, -0.25) is 9.59 Å². The van der Waals surface area contributed by atoms with E-state index >= 15 is 0 Å². The van der Waals surface area contributed by atoms with Gasteiger partial charge in [-0.25, -0.2) is 0 Å². The molecule has 2 unspecified atom stereocenters. The number of carbonyl (C=O) groups is 2. The molecule has 0 saturated carbocycles. The fourth-order valence-corrected chi connectivity index (χ4v) is 7.99. The molecule has 0 amide bonds. The van der Waals surface area contributed by atoms with Crippen molar-refractivity contribution in [1.29, 1.82) is 0 Å². The lowest BCUT2D eigenvalue weighted by molar-refractivity contribution is -0.305. The molecule has 0 aromatic heterocycles. The van der Waals surface area contributed by atoms with Crippen LogP contribution in [0.2, 0.25) is 0 Å². The maximum Gasteiger partial charge on any atom is 0.306 e. The zero-order chi connectivity index (χ0) is 45.1. The first-order chi connectivity index (χ1) is 30.3. The number of allylic oxidation sites excluding steroid dienone is 4. The minimum absolute atomic E-state index is 0.216. The van der Waals surface area contributed by atoms with E-state index in [0.717, 1.165) is 51.4 Å². The summed E-state index contributed by atoms with van der Waals surface area (Å²) in [7, 11) is 0. The van der Waals surface area contributed by atoms with E-state index < -0.39 is 49.4 Å². The Morgan fingerprint density at radius 1 is 0.500 bits per heavy atom. The van der Waals surface area contributed by atoms with Crippen molar-refractivity contribution in [3.05, 3.63) is 24.3 Å². The number of hydrogen-bond acceptors (Lipinski definition) is 10. The van der Waals surface area contributed by atoms with Gasteiger partial charge in [0.05, 0.1) is 13.2 Å². The predicted octanol–water partition coefficient (Wildman–Crippen LogP) is 12.1. The molecule has 10 nitrogen and oxygen atoms in total. The SMILES string of the molecule is CCCCC/C=C/C/C=C/CCCCCCCCCC(=O)O[C@@H](COC(=O)CCCCCCCCCCCCCCCCCCCCCC)CO[C@H]1O[C@@H](CO)[C@@H](O)C(O)C1O. The van der Waals surface area contributed by atoms with Crippen molar-refractivity contribution >= 4 is 11.9 Å². The zero-order valence-electron chi connectivity index (χ0n) is 39.9. The van der Waals surface area contributed by atoms with Crippen LogP contribution in [0.5, 0.6) is 0 Å². The Morgan fingerprint density at radius 2 is 0.903 bits per heavy atom. The Morgan fingerprint density at radius 3 is 1.37 bits per heavy atom. The standard InChI is InChI=1S/C52H96O10/c1-3-5-7-9-11-13-15-17-19-21-22-23-25-26-28-30-32-34-36-38-40-47(54)59-43-45(44-60-52-51(58)50(57)49(56)46(42-53)62-52)61-48(55)41-39-37-35-33-31-29-27-24-20-18-16-14-12-10-8-6-4-2/h12,14,18,20,45-46,49-53,56-58H,3-11,13,15-17,19,21-44H2,1-2H3/b14-12+,20-18+/t45-,46-,49+,50?,51?,52-/m0/s1. The lowest BCUT2D eigenvalue weighted by Crippen LogP contribution is -2.59. The van der Waals surface area contributed by atoms with Gasteiger partial charge in [-0.1, -0.05) is 205 Å². The first kappa shape index (κ1) is 58.2. The van der Waals surface area contributed by atoms with Crippen molar-refractivity contribution in [3.8, 4) is 0 Å². The van der Waals surface area contributed by atoms with Gasteiger partial charge in [-0.05, 0) is 44.9 Å². The molecule has 0 spiro atoms. The van der Waals surface area contributed by atoms with Crippen LogP contribution in [0.25, 0.3) is 0 Å². The van der Waals surface area contributed by atoms with Gasteiger partial charge >= 0.3 is 11.9 Å². The number of ether oxygens (including phenoxy) is 4. The topological polar surface area (TPSA) is 152 Å². The maximum absolute atomic E-state index is 12.8. The smallest absolute Gasteiger partial charge is 0.306 e. The van der Waals surface area contributed by atoms with Gasteiger partial charge in [0, 0.05) is 12.8 Å². The Labute approximate surface area is 379 Å². The number of rotatable bonds is 44. The van der Waals surface area contributed by atoms with Crippen molar-refractivity contribution in [2.45, 2.75) is 275 Å². The zero-order valence-corrected chi connectivity index (χ0v) is 39.9. The third kappa shape index (κ3) is 33.7. The summed E-state index contributed by atoms with van der Waals surface area (Å²) < 4.78 is 22.2. The average Bonchev–Trinajstić information content (AvgIpc) is 3.27. The highest BCUT2D eigenvalue weighted by Crippen LogP contribution is 2.23. The minimum Gasteiger partial charge on any atom is -0.462 e. The normalized spacial score (nSPS) is 19.7. The van der Waals surface area contributed by atoms with Crippen LogP contribution in [0.4, 0.5) is 0 Å². The molecule has 1 heterocycles. The van der Waals surface area contributed by atoms with Crippen LogP contribution in [0.1, 0.15) is 239 Å². The van der Waals surface area contributed by atoms with Crippen LogP contribution in [-0.4, -0.2) is 89.0 Å². The third-order valence-electron chi connectivity index (χ3n) is 12.1. The van der Waals surface area contributed by atoms with Crippen LogP contribution in [0, 0.1) is 0 Å². The molecule has 1 aliphatic heterocycles. The molecule has 1 fully saturated rings. The van der Waals surface area contributed by atoms with Crippen molar-refractivity contribution in [2.24, 2.45) is 0 Å². The number of esters is 2. The molecule has 364 valence electrons. The molecule has 4 N–H and O–H groups in total. The number of unbranched alkanes of at least 4 members (excludes halogenated alkanes) is 29. The van der Waals surface area contributed by atoms with Gasteiger partial charge in [-0.15, -0.1) is 0 Å². The second-order valence-corrected chi connectivity index (χ2v) is 18.0. The molecule has 1 rings (SSSR count). The molecule has 10 heteroatoms. The van der Waals surface area contributed by atoms with Gasteiger partial charge in [0.15, 0.2) is 12.4 Å². The van der Waals surface area contributed by atoms with E-state index in [0.29, 0.717) is 6.42 Å². The van der Waals surface area contributed by atoms with Gasteiger partial charge < -0.3 is 39.4 Å². The van der Waals surface area contributed by atoms with Gasteiger partial charge in [-0.2, -0.15) is 0 Å². The minimum atomic E-state index is -1.59. The van der Waals surface area contributed by atoms with Crippen molar-refractivity contribution < 1.29 is 49.0 Å². The maximum atomic E-state index is 12.8. The summed E-state index contributed by atoms with van der Waals surface area (Å²) in [5, 5.41) is 40.2. The lowest BCUT2D eigenvalue weighted by Gasteiger charge is -2.39. The second-order valence-electron chi connectivity index (χ2n) is 18.0. The number of aliphatic hydroxyl groups excluding tert-OH is 4. The van der Waals surface area contributed by atoms with Crippen molar-refractivity contribution in [2.75, 3.05) is 19.8 Å². The Hall–Kier alpha value is -1.82. The summed E-state index contributed by atoms with van der Waals surface area (Å²) in [4.78, 5) is 25.4. The third-order valence-corrected chi connectivity index (χ3v) is 12.1. The highest BCUT2D eigenvalue weighted by Gasteiger charge is 2.44. The molecule has 6 atom stereocenters. The van der Waals surface area contributed by atoms with E-state index in [-0.39, 0.29) is 32.0 Å². The molecule has 1 saturated heterocycles. The monoisotopic (exact) mass is 881 g/mol. The van der Waals surface area contributed by atoms with Crippen LogP contribution < -0.4 is 0 Å². The fourth-order valence-electron chi connectivity index (χ4n) is 7.99. The van der Waals surface area contributed by atoms with E-state index in [1.807, 2.05) is 0 Å². The molecular formula is C52H96O10. The van der Waals surface area contributed by atoms with Crippen LogP contribution in [-0.2, 0) is 28.5 Å². The number of carbonyl (C=O) groups excluding carboxylic acids is 2. The summed E-state index contributed by atoms with van der Waals surface area (Å²) in [6.07, 6.45) is 41.8. The van der Waals surface area contributed by atoms with E-state index in [9.17, 15) is 30.0 Å². The molecule has 0 aromatic carbocycles. The lowest BCUT2D eigenvalue weighted by atomic mass is 9.99. The molecule has 1 aliphatic rings. The first-order valence-corrected chi connectivity index (χ1v) is 25.9. The van der Waals surface area contributed by atoms with Crippen LogP contribution >= 0.6 is 0 Å². The Balaban J connectivity index is 2.25.